The smallest absolute Gasteiger partial charge is 0.248 e. The summed E-state index contributed by atoms with van der Waals surface area (Å²) in [5.74, 6) is 1.22. The molecule has 3 rings (SSSR count). The molecule has 0 aromatic rings. The number of thioether (sulfide) groups is 1. The largest absolute Gasteiger partial charge is 0.328 e. The van der Waals surface area contributed by atoms with Crippen molar-refractivity contribution in [3.8, 4) is 0 Å². The second-order valence-corrected chi connectivity index (χ2v) is 9.34. The van der Waals surface area contributed by atoms with Gasteiger partial charge >= 0.3 is 5.25 Å². The van der Waals surface area contributed by atoms with Crippen molar-refractivity contribution in [3.63, 3.8) is 0 Å². The molecule has 1 saturated heterocycles. The van der Waals surface area contributed by atoms with Crippen LogP contribution in [0.5, 0.6) is 0 Å². The lowest BCUT2D eigenvalue weighted by Crippen LogP contribution is -2.41. The second kappa shape index (κ2) is 7.09. The van der Waals surface area contributed by atoms with Gasteiger partial charge in [0.1, 0.15) is 0 Å². The summed E-state index contributed by atoms with van der Waals surface area (Å²) < 4.78 is 57.1. The predicted octanol–water partition coefficient (Wildman–Crippen LogP) is 5.27. The zero-order valence-electron chi connectivity index (χ0n) is 12.5. The Morgan fingerprint density at radius 1 is 0.955 bits per heavy atom. The SMILES string of the molecule is FC(SN1CCC2CCCCC2C1)C(F)C(F)(F)SC1CC1. The molecule has 2 aliphatic carbocycles. The summed E-state index contributed by atoms with van der Waals surface area (Å²) in [4.78, 5) is 0. The van der Waals surface area contributed by atoms with Gasteiger partial charge in [0.2, 0.25) is 6.17 Å². The molecule has 3 fully saturated rings. The highest BCUT2D eigenvalue weighted by Gasteiger charge is 2.50. The molecule has 128 valence electrons. The lowest BCUT2D eigenvalue weighted by molar-refractivity contribution is -0.00542. The van der Waals surface area contributed by atoms with Crippen molar-refractivity contribution < 1.29 is 17.6 Å². The Labute approximate surface area is 138 Å². The molecule has 0 spiro atoms. The fourth-order valence-corrected chi connectivity index (χ4v) is 5.69. The van der Waals surface area contributed by atoms with Gasteiger partial charge < -0.3 is 0 Å². The number of halogens is 4. The zero-order chi connectivity index (χ0) is 15.7. The molecule has 0 aromatic heterocycles. The topological polar surface area (TPSA) is 3.24 Å². The molecule has 1 aliphatic heterocycles. The molecule has 3 aliphatic rings. The van der Waals surface area contributed by atoms with E-state index in [9.17, 15) is 17.6 Å². The summed E-state index contributed by atoms with van der Waals surface area (Å²) in [6, 6.07) is 0. The van der Waals surface area contributed by atoms with E-state index in [2.05, 4.69) is 0 Å². The van der Waals surface area contributed by atoms with E-state index >= 15 is 0 Å². The highest BCUT2D eigenvalue weighted by molar-refractivity contribution is 8.01. The monoisotopic (exact) mass is 357 g/mol. The summed E-state index contributed by atoms with van der Waals surface area (Å²) in [5.41, 5.74) is -2.18. The van der Waals surface area contributed by atoms with Crippen LogP contribution in [-0.2, 0) is 0 Å². The maximum absolute atomic E-state index is 14.0. The third-order valence-electron chi connectivity index (χ3n) is 4.90. The van der Waals surface area contributed by atoms with Gasteiger partial charge in [0.15, 0.2) is 5.50 Å². The highest BCUT2D eigenvalue weighted by Crippen LogP contribution is 2.49. The summed E-state index contributed by atoms with van der Waals surface area (Å²) in [5, 5.41) is -3.81. The van der Waals surface area contributed by atoms with Crippen molar-refractivity contribution in [2.75, 3.05) is 13.1 Å². The van der Waals surface area contributed by atoms with Gasteiger partial charge in [0, 0.05) is 18.3 Å². The number of fused-ring (bicyclic) bond motifs is 1. The number of hydrogen-bond acceptors (Lipinski definition) is 3. The normalized spacial score (nSPS) is 33.3. The van der Waals surface area contributed by atoms with Crippen LogP contribution in [0.4, 0.5) is 17.6 Å². The predicted molar refractivity (Wildman–Crippen MR) is 84.6 cm³/mol. The van der Waals surface area contributed by atoms with Gasteiger partial charge in [-0.3, -0.25) is 0 Å². The van der Waals surface area contributed by atoms with Crippen molar-refractivity contribution in [1.82, 2.24) is 4.31 Å². The first-order chi connectivity index (χ1) is 10.5. The van der Waals surface area contributed by atoms with Gasteiger partial charge in [-0.25, -0.2) is 13.1 Å². The zero-order valence-corrected chi connectivity index (χ0v) is 14.2. The Hall–Kier alpha value is 0.380. The minimum absolute atomic E-state index is 0.191. The Balaban J connectivity index is 1.49. The first-order valence-electron chi connectivity index (χ1n) is 8.21. The Morgan fingerprint density at radius 2 is 1.64 bits per heavy atom. The third kappa shape index (κ3) is 4.26. The van der Waals surface area contributed by atoms with E-state index in [-0.39, 0.29) is 5.25 Å². The van der Waals surface area contributed by atoms with E-state index in [1.807, 2.05) is 0 Å². The van der Waals surface area contributed by atoms with Crippen LogP contribution in [0.1, 0.15) is 44.9 Å². The van der Waals surface area contributed by atoms with Crippen LogP contribution in [0.3, 0.4) is 0 Å². The summed E-state index contributed by atoms with van der Waals surface area (Å²) in [7, 11) is 0. The molecule has 4 atom stereocenters. The molecule has 0 N–H and O–H groups in total. The van der Waals surface area contributed by atoms with Gasteiger partial charge in [0.25, 0.3) is 0 Å². The lowest BCUT2D eigenvalue weighted by atomic mass is 9.76. The van der Waals surface area contributed by atoms with Crippen LogP contribution in [0.25, 0.3) is 0 Å². The molecule has 0 radical (unpaired) electrons. The molecular formula is C15H23F4NS2. The van der Waals surface area contributed by atoms with Crippen LogP contribution >= 0.6 is 23.7 Å². The van der Waals surface area contributed by atoms with E-state index < -0.39 is 16.9 Å². The molecular weight excluding hydrogens is 334 g/mol. The Kier molecular flexibility index (Phi) is 5.55. The highest BCUT2D eigenvalue weighted by atomic mass is 32.2. The molecule has 1 nitrogen and oxygen atoms in total. The molecule has 0 bridgehead atoms. The van der Waals surface area contributed by atoms with Crippen LogP contribution in [0.15, 0.2) is 0 Å². The van der Waals surface area contributed by atoms with Gasteiger partial charge in [-0.05, 0) is 49.5 Å². The third-order valence-corrected chi connectivity index (χ3v) is 7.32. The summed E-state index contributed by atoms with van der Waals surface area (Å²) >= 11 is 0.961. The molecule has 0 aromatic carbocycles. The van der Waals surface area contributed by atoms with Crippen LogP contribution < -0.4 is 0 Å². The fourth-order valence-electron chi connectivity index (χ4n) is 3.48. The standard InChI is InChI=1S/C15H23F4NS2/c16-13(15(18,19)21-12-5-6-12)14(17)22-20-8-7-10-3-1-2-4-11(10)9-20/h10-14H,1-9H2. The van der Waals surface area contributed by atoms with Crippen molar-refractivity contribution in [2.24, 2.45) is 11.8 Å². The molecule has 1 heterocycles. The second-order valence-electron chi connectivity index (χ2n) is 6.72. The Morgan fingerprint density at radius 3 is 2.32 bits per heavy atom. The average molecular weight is 357 g/mol. The van der Waals surface area contributed by atoms with Gasteiger partial charge in [-0.1, -0.05) is 31.0 Å². The molecule has 7 heteroatoms. The van der Waals surface area contributed by atoms with E-state index in [4.69, 9.17) is 0 Å². The van der Waals surface area contributed by atoms with Crippen LogP contribution in [-0.4, -0.2) is 39.6 Å². The number of hydrogen-bond donors (Lipinski definition) is 0. The lowest BCUT2D eigenvalue weighted by Gasteiger charge is -2.41. The van der Waals surface area contributed by atoms with E-state index in [0.717, 1.165) is 12.8 Å². The average Bonchev–Trinajstić information content (AvgIpc) is 3.29. The fraction of sp³-hybridized carbons (Fsp3) is 1.00. The molecule has 0 amide bonds. The van der Waals surface area contributed by atoms with Crippen molar-refractivity contribution >= 4 is 23.7 Å². The minimum Gasteiger partial charge on any atom is -0.248 e. The van der Waals surface area contributed by atoms with Crippen molar-refractivity contribution in [2.45, 2.75) is 67.1 Å². The minimum atomic E-state index is -3.61. The van der Waals surface area contributed by atoms with Crippen LogP contribution in [0, 0.1) is 11.8 Å². The first kappa shape index (κ1) is 17.2. The van der Waals surface area contributed by atoms with Crippen molar-refractivity contribution in [3.05, 3.63) is 0 Å². The van der Waals surface area contributed by atoms with E-state index in [0.29, 0.717) is 61.5 Å². The number of nitrogens with zero attached hydrogens (tertiary/aromatic N) is 1. The van der Waals surface area contributed by atoms with Crippen LogP contribution in [0.2, 0.25) is 0 Å². The number of alkyl halides is 4. The molecule has 4 unspecified atom stereocenters. The summed E-state index contributed by atoms with van der Waals surface area (Å²) in [6.45, 7) is 1.39. The number of piperidine rings is 1. The van der Waals surface area contributed by atoms with Gasteiger partial charge in [-0.15, -0.1) is 0 Å². The Bertz CT molecular complexity index is 381. The van der Waals surface area contributed by atoms with Gasteiger partial charge in [-0.2, -0.15) is 8.78 Å². The molecule has 22 heavy (non-hydrogen) atoms. The quantitative estimate of drug-likeness (QED) is 0.471. The maximum atomic E-state index is 14.0. The summed E-state index contributed by atoms with van der Waals surface area (Å²) in [6.07, 6.45) is 4.44. The van der Waals surface area contributed by atoms with Gasteiger partial charge in [0.05, 0.1) is 0 Å². The van der Waals surface area contributed by atoms with E-state index in [1.54, 1.807) is 4.31 Å². The molecule has 2 saturated carbocycles. The van der Waals surface area contributed by atoms with E-state index in [1.165, 1.54) is 19.3 Å². The number of rotatable bonds is 6. The first-order valence-corrected chi connectivity index (χ1v) is 9.93. The van der Waals surface area contributed by atoms with Crippen molar-refractivity contribution in [1.29, 1.82) is 0 Å². The maximum Gasteiger partial charge on any atom is 0.328 e.